The van der Waals surface area contributed by atoms with Gasteiger partial charge in [0.1, 0.15) is 13.2 Å². The fraction of sp³-hybridized carbons (Fsp3) is 0.583. The van der Waals surface area contributed by atoms with Gasteiger partial charge in [0.2, 0.25) is 11.8 Å². The second-order valence-electron chi connectivity index (χ2n) is 8.58. The molecule has 195 valence electrons. The summed E-state index contributed by atoms with van der Waals surface area (Å²) in [5, 5.41) is 17.8. The SMILES string of the molecule is CC(=O)[O-].CC(=O)[O-].Cc1cc(C)c(C2=N[C@@H](C(C)C)CO2)cc1C1=N[C@@H](C(C)C)CO1.O.[Rh]. The fourth-order valence-electron chi connectivity index (χ4n) is 3.07. The van der Waals surface area contributed by atoms with Crippen LogP contribution in [0.4, 0.5) is 0 Å². The molecule has 1 radical (unpaired) electrons. The van der Waals surface area contributed by atoms with Crippen LogP contribution in [0.25, 0.3) is 0 Å². The molecule has 2 N–H and O–H groups in total. The van der Waals surface area contributed by atoms with Crippen LogP contribution in [-0.4, -0.2) is 54.5 Å². The van der Waals surface area contributed by atoms with Gasteiger partial charge in [0.05, 0.1) is 12.1 Å². The second-order valence-corrected chi connectivity index (χ2v) is 8.58. The molecule has 0 fully saturated rings. The average Bonchev–Trinajstić information content (AvgIpc) is 3.31. The molecule has 0 unspecified atom stereocenters. The third kappa shape index (κ3) is 10.7. The van der Waals surface area contributed by atoms with Crippen molar-refractivity contribution < 1.29 is 54.2 Å². The average molecular weight is 567 g/mol. The number of benzene rings is 1. The first kappa shape index (κ1) is 33.9. The number of carbonyl (C=O) groups is 2. The summed E-state index contributed by atoms with van der Waals surface area (Å²) in [7, 11) is 0. The van der Waals surface area contributed by atoms with Gasteiger partial charge in [-0.3, -0.25) is 0 Å². The number of carboxylic acids is 2. The third-order valence-corrected chi connectivity index (χ3v) is 4.92. The summed E-state index contributed by atoms with van der Waals surface area (Å²) in [5.41, 5.74) is 4.47. The van der Waals surface area contributed by atoms with Crippen molar-refractivity contribution in [2.45, 2.75) is 67.5 Å². The zero-order valence-electron chi connectivity index (χ0n) is 21.1. The van der Waals surface area contributed by atoms with Crippen LogP contribution in [0.2, 0.25) is 0 Å². The summed E-state index contributed by atoms with van der Waals surface area (Å²) in [5.74, 6) is 0.321. The van der Waals surface area contributed by atoms with Gasteiger partial charge in [-0.25, -0.2) is 9.98 Å². The maximum absolute atomic E-state index is 8.89. The first-order valence-corrected chi connectivity index (χ1v) is 10.7. The number of carboxylic acid groups (broad SMARTS) is 2. The van der Waals surface area contributed by atoms with Gasteiger partial charge in [-0.2, -0.15) is 0 Å². The van der Waals surface area contributed by atoms with Crippen molar-refractivity contribution in [2.24, 2.45) is 21.8 Å². The van der Waals surface area contributed by atoms with E-state index in [2.05, 4.69) is 53.7 Å². The summed E-state index contributed by atoms with van der Waals surface area (Å²) in [4.78, 5) is 27.3. The van der Waals surface area contributed by atoms with E-state index in [1.807, 2.05) is 0 Å². The van der Waals surface area contributed by atoms with Crippen molar-refractivity contribution in [3.8, 4) is 0 Å². The number of aryl methyl sites for hydroxylation is 2. The van der Waals surface area contributed by atoms with E-state index in [0.717, 1.165) is 36.8 Å². The molecule has 34 heavy (non-hydrogen) atoms. The summed E-state index contributed by atoms with van der Waals surface area (Å²) in [6.45, 7) is 16.2. The summed E-state index contributed by atoms with van der Waals surface area (Å²) in [6, 6.07) is 4.80. The molecule has 10 heteroatoms. The van der Waals surface area contributed by atoms with Gasteiger partial charge in [-0.15, -0.1) is 0 Å². The van der Waals surface area contributed by atoms with Crippen LogP contribution >= 0.6 is 0 Å². The maximum Gasteiger partial charge on any atom is 0.216 e. The zero-order valence-corrected chi connectivity index (χ0v) is 22.7. The van der Waals surface area contributed by atoms with Crippen molar-refractivity contribution in [3.05, 3.63) is 34.4 Å². The Morgan fingerprint density at radius 3 is 1.35 bits per heavy atom. The van der Waals surface area contributed by atoms with Gasteiger partial charge < -0.3 is 34.8 Å². The van der Waals surface area contributed by atoms with E-state index in [-0.39, 0.29) is 37.0 Å². The molecule has 3 rings (SSSR count). The van der Waals surface area contributed by atoms with Crippen molar-refractivity contribution in [2.75, 3.05) is 13.2 Å². The molecule has 0 bridgehead atoms. The van der Waals surface area contributed by atoms with E-state index in [9.17, 15) is 0 Å². The van der Waals surface area contributed by atoms with Crippen LogP contribution in [0, 0.1) is 25.7 Å². The van der Waals surface area contributed by atoms with E-state index in [1.54, 1.807) is 0 Å². The predicted octanol–water partition coefficient (Wildman–Crippen LogP) is 0.591. The standard InChI is InChI=1S/C20H28N2O2.2C2H4O2.H2O.Rh/c1-11(2)17-9-23-19(21-17)15-8-16(14(6)7-13(15)5)20-22-18(10-24-20)12(3)4;2*1-2(3)4;;/h7-8,11-12,17-18H,9-10H2,1-6H3;2*1H3,(H,3,4);1H2;/p-2/t17-,18-;;;;/m1..../s1. The van der Waals surface area contributed by atoms with Gasteiger partial charge in [-0.05, 0) is 56.7 Å². The number of aliphatic imine (C=N–C) groups is 2. The minimum Gasteiger partial charge on any atom is -0.550 e. The van der Waals surface area contributed by atoms with Crippen molar-refractivity contribution in [3.63, 3.8) is 0 Å². The van der Waals surface area contributed by atoms with E-state index in [1.165, 1.54) is 11.1 Å². The van der Waals surface area contributed by atoms with Gasteiger partial charge in [0, 0.05) is 42.5 Å². The van der Waals surface area contributed by atoms with Crippen molar-refractivity contribution in [1.82, 2.24) is 0 Å². The van der Waals surface area contributed by atoms with Gasteiger partial charge in [0.25, 0.3) is 0 Å². The normalized spacial score (nSPS) is 17.9. The van der Waals surface area contributed by atoms with Gasteiger partial charge in [0.15, 0.2) is 0 Å². The second kappa shape index (κ2) is 15.6. The Labute approximate surface area is 214 Å². The van der Waals surface area contributed by atoms with Crippen LogP contribution in [0.5, 0.6) is 0 Å². The molecular weight excluding hydrogens is 531 g/mol. The summed E-state index contributed by atoms with van der Waals surface area (Å²) < 4.78 is 11.8. The molecule has 0 saturated carbocycles. The molecule has 2 atom stereocenters. The fourth-order valence-corrected chi connectivity index (χ4v) is 3.07. The molecule has 1 aromatic rings. The number of aliphatic carboxylic acids is 2. The van der Waals surface area contributed by atoms with Crippen LogP contribution in [0.1, 0.15) is 63.8 Å². The Bertz CT molecular complexity index is 807. The van der Waals surface area contributed by atoms with Gasteiger partial charge in [-0.1, -0.05) is 33.8 Å². The van der Waals surface area contributed by atoms with Crippen molar-refractivity contribution >= 4 is 23.7 Å². The number of rotatable bonds is 4. The summed E-state index contributed by atoms with van der Waals surface area (Å²) >= 11 is 0. The zero-order chi connectivity index (χ0) is 24.6. The van der Waals surface area contributed by atoms with E-state index in [0.29, 0.717) is 25.0 Å². The maximum atomic E-state index is 8.89. The number of carbonyl (C=O) groups excluding carboxylic acids is 2. The molecule has 0 amide bonds. The molecule has 0 spiro atoms. The Balaban J connectivity index is 0. The van der Waals surface area contributed by atoms with Crippen LogP contribution in [-0.2, 0) is 38.5 Å². The minimum atomic E-state index is -1.08. The summed E-state index contributed by atoms with van der Waals surface area (Å²) in [6.07, 6.45) is 0. The number of nitrogens with zero attached hydrogens (tertiary/aromatic N) is 2. The topological polar surface area (TPSA) is 155 Å². The Morgan fingerprint density at radius 2 is 1.12 bits per heavy atom. The Hall–Kier alpha value is -2.32. The molecule has 2 heterocycles. The number of hydrogen-bond acceptors (Lipinski definition) is 8. The largest absolute Gasteiger partial charge is 0.550 e. The monoisotopic (exact) mass is 567 g/mol. The quantitative estimate of drug-likeness (QED) is 0.485. The van der Waals surface area contributed by atoms with Gasteiger partial charge >= 0.3 is 0 Å². The smallest absolute Gasteiger partial charge is 0.216 e. The molecule has 9 nitrogen and oxygen atoms in total. The van der Waals surface area contributed by atoms with E-state index < -0.39 is 11.9 Å². The molecule has 2 aliphatic heterocycles. The molecular formula is C24H36N2O7Rh-2. The number of ether oxygens (including phenoxy) is 2. The van der Waals surface area contributed by atoms with Crippen LogP contribution < -0.4 is 10.2 Å². The van der Waals surface area contributed by atoms with E-state index in [4.69, 9.17) is 39.3 Å². The molecule has 0 aliphatic carbocycles. The Morgan fingerprint density at radius 1 is 0.824 bits per heavy atom. The Kier molecular flexibility index (Phi) is 15.5. The number of hydrogen-bond donors (Lipinski definition) is 0. The third-order valence-electron chi connectivity index (χ3n) is 4.92. The first-order chi connectivity index (χ1) is 14.8. The van der Waals surface area contributed by atoms with Crippen LogP contribution in [0.3, 0.4) is 0 Å². The minimum absolute atomic E-state index is 0. The molecule has 2 aliphatic rings. The first-order valence-electron chi connectivity index (χ1n) is 10.7. The predicted molar refractivity (Wildman–Crippen MR) is 123 cm³/mol. The van der Waals surface area contributed by atoms with Crippen LogP contribution in [0.15, 0.2) is 22.1 Å². The molecule has 0 aromatic heterocycles. The van der Waals surface area contributed by atoms with Crippen molar-refractivity contribution in [1.29, 1.82) is 0 Å². The van der Waals surface area contributed by atoms with E-state index >= 15 is 0 Å². The molecule has 1 aromatic carbocycles. The molecule has 0 saturated heterocycles.